The smallest absolute Gasteiger partial charge is 0.322 e. The lowest BCUT2D eigenvalue weighted by Gasteiger charge is -2.31. The van der Waals surface area contributed by atoms with Crippen LogP contribution >= 0.6 is 0 Å². The topological polar surface area (TPSA) is 61.9 Å². The van der Waals surface area contributed by atoms with Crippen molar-refractivity contribution in [2.45, 2.75) is 12.5 Å². The molecule has 28 heavy (non-hydrogen) atoms. The summed E-state index contributed by atoms with van der Waals surface area (Å²) < 4.78 is 5.21. The Morgan fingerprint density at radius 3 is 2.46 bits per heavy atom. The maximum Gasteiger partial charge on any atom is 0.322 e. The van der Waals surface area contributed by atoms with Crippen molar-refractivity contribution < 1.29 is 14.3 Å². The largest absolute Gasteiger partial charge is 0.497 e. The summed E-state index contributed by atoms with van der Waals surface area (Å²) in [6.07, 6.45) is 0.783. The molecule has 0 aromatic heterocycles. The van der Waals surface area contributed by atoms with Crippen LogP contribution in [0.15, 0.2) is 65.9 Å². The van der Waals surface area contributed by atoms with Gasteiger partial charge in [0.25, 0.3) is 5.91 Å². The number of nitrogens with one attached hydrogen (secondary N) is 1. The van der Waals surface area contributed by atoms with E-state index < -0.39 is 6.04 Å². The van der Waals surface area contributed by atoms with Gasteiger partial charge in [-0.25, -0.2) is 4.79 Å². The Kier molecular flexibility index (Phi) is 4.77. The molecule has 3 amide bonds. The van der Waals surface area contributed by atoms with Crippen LogP contribution in [0.1, 0.15) is 17.2 Å². The molecule has 0 saturated carbocycles. The molecule has 2 aromatic carbocycles. The minimum atomic E-state index is -0.446. The Morgan fingerprint density at radius 1 is 1.07 bits per heavy atom. The highest BCUT2D eigenvalue weighted by Crippen LogP contribution is 2.36. The number of hydrogen-bond donors (Lipinski definition) is 1. The third kappa shape index (κ3) is 3.22. The molecule has 6 heteroatoms. The highest BCUT2D eigenvalue weighted by atomic mass is 16.5. The number of ether oxygens (including phenoxy) is 1. The van der Waals surface area contributed by atoms with Crippen LogP contribution in [-0.2, 0) is 11.2 Å². The number of nitrogens with zero attached hydrogens (tertiary/aromatic N) is 2. The van der Waals surface area contributed by atoms with Gasteiger partial charge in [-0.1, -0.05) is 42.5 Å². The SMILES string of the molecule is COc1ccc(C2NC(=O)N(C)C3=C2C(=O)N(CCc2ccccc2)C3)cc1. The van der Waals surface area contributed by atoms with E-state index in [4.69, 9.17) is 4.74 Å². The van der Waals surface area contributed by atoms with E-state index in [1.54, 1.807) is 19.1 Å². The molecule has 0 saturated heterocycles. The lowest BCUT2D eigenvalue weighted by atomic mass is 9.95. The second-order valence-corrected chi connectivity index (χ2v) is 7.04. The Morgan fingerprint density at radius 2 is 1.79 bits per heavy atom. The third-order valence-electron chi connectivity index (χ3n) is 5.40. The zero-order chi connectivity index (χ0) is 19.7. The normalized spacial score (nSPS) is 19.0. The predicted octanol–water partition coefficient (Wildman–Crippen LogP) is 2.73. The second kappa shape index (κ2) is 7.38. The van der Waals surface area contributed by atoms with Crippen molar-refractivity contribution in [3.63, 3.8) is 0 Å². The van der Waals surface area contributed by atoms with E-state index in [-0.39, 0.29) is 11.9 Å². The highest BCUT2D eigenvalue weighted by Gasteiger charge is 2.42. The summed E-state index contributed by atoms with van der Waals surface area (Å²) in [7, 11) is 3.32. The maximum absolute atomic E-state index is 13.2. The molecular weight excluding hydrogens is 354 g/mol. The van der Waals surface area contributed by atoms with Crippen LogP contribution in [-0.4, -0.2) is 49.0 Å². The van der Waals surface area contributed by atoms with Crippen molar-refractivity contribution in [2.24, 2.45) is 0 Å². The number of urea groups is 1. The lowest BCUT2D eigenvalue weighted by molar-refractivity contribution is -0.125. The van der Waals surface area contributed by atoms with Gasteiger partial charge >= 0.3 is 6.03 Å². The number of benzene rings is 2. The van der Waals surface area contributed by atoms with Crippen molar-refractivity contribution in [3.8, 4) is 5.75 Å². The van der Waals surface area contributed by atoms with Crippen LogP contribution in [0.4, 0.5) is 4.79 Å². The minimum Gasteiger partial charge on any atom is -0.497 e. The first kappa shape index (κ1) is 18.1. The summed E-state index contributed by atoms with van der Waals surface area (Å²) in [5, 5.41) is 2.96. The molecule has 1 N–H and O–H groups in total. The Balaban J connectivity index is 1.58. The van der Waals surface area contributed by atoms with Crippen LogP contribution in [0.2, 0.25) is 0 Å². The molecule has 2 aliphatic rings. The molecule has 0 fully saturated rings. The van der Waals surface area contributed by atoms with Gasteiger partial charge < -0.3 is 15.0 Å². The summed E-state index contributed by atoms with van der Waals surface area (Å²) >= 11 is 0. The number of amides is 3. The van der Waals surface area contributed by atoms with Crippen molar-refractivity contribution in [3.05, 3.63) is 77.0 Å². The van der Waals surface area contributed by atoms with Gasteiger partial charge in [-0.2, -0.15) is 0 Å². The van der Waals surface area contributed by atoms with Crippen molar-refractivity contribution >= 4 is 11.9 Å². The lowest BCUT2D eigenvalue weighted by Crippen LogP contribution is -2.45. The summed E-state index contributed by atoms with van der Waals surface area (Å²) in [5.41, 5.74) is 3.49. The van der Waals surface area contributed by atoms with E-state index >= 15 is 0 Å². The van der Waals surface area contributed by atoms with Crippen LogP contribution in [0, 0.1) is 0 Å². The fraction of sp³-hybridized carbons (Fsp3) is 0.273. The average Bonchev–Trinajstić information content (AvgIpc) is 3.07. The van der Waals surface area contributed by atoms with Crippen molar-refractivity contribution in [2.75, 3.05) is 27.2 Å². The standard InChI is InChI=1S/C22H23N3O3/c1-24-18-14-25(13-12-15-6-4-3-5-7-15)21(26)19(18)20(23-22(24)27)16-8-10-17(28-2)11-9-16/h3-11,20H,12-14H2,1-2H3,(H,23,27). The first-order chi connectivity index (χ1) is 13.6. The third-order valence-corrected chi connectivity index (χ3v) is 5.40. The number of carbonyl (C=O) groups excluding carboxylic acids is 2. The minimum absolute atomic E-state index is 0.0152. The molecule has 0 bridgehead atoms. The predicted molar refractivity (Wildman–Crippen MR) is 106 cm³/mol. The Bertz CT molecular complexity index is 922. The highest BCUT2D eigenvalue weighted by molar-refractivity contribution is 6.01. The molecular formula is C22H23N3O3. The van der Waals surface area contributed by atoms with E-state index in [1.807, 2.05) is 47.4 Å². The number of methoxy groups -OCH3 is 1. The zero-order valence-corrected chi connectivity index (χ0v) is 16.0. The average molecular weight is 377 g/mol. The van der Waals surface area contributed by atoms with Crippen molar-refractivity contribution in [1.29, 1.82) is 0 Å². The molecule has 6 nitrogen and oxygen atoms in total. The monoisotopic (exact) mass is 377 g/mol. The zero-order valence-electron chi connectivity index (χ0n) is 16.0. The fourth-order valence-electron chi connectivity index (χ4n) is 3.76. The van der Waals surface area contributed by atoms with E-state index in [0.717, 1.165) is 23.4 Å². The molecule has 0 radical (unpaired) electrons. The van der Waals surface area contributed by atoms with Gasteiger partial charge in [0, 0.05) is 13.6 Å². The Hall–Kier alpha value is -3.28. The molecule has 4 rings (SSSR count). The summed E-state index contributed by atoms with van der Waals surface area (Å²) in [4.78, 5) is 29.0. The first-order valence-electron chi connectivity index (χ1n) is 9.33. The van der Waals surface area contributed by atoms with Gasteiger partial charge in [0.05, 0.1) is 31.0 Å². The van der Waals surface area contributed by atoms with Gasteiger partial charge in [-0.3, -0.25) is 9.69 Å². The molecule has 2 heterocycles. The number of likely N-dealkylation sites (N-methyl/N-ethyl adjacent to an activating group) is 1. The number of carbonyl (C=O) groups is 2. The Labute approximate surface area is 164 Å². The number of rotatable bonds is 5. The van der Waals surface area contributed by atoms with Gasteiger partial charge in [0.15, 0.2) is 0 Å². The molecule has 0 spiro atoms. The van der Waals surface area contributed by atoms with Gasteiger partial charge in [0.1, 0.15) is 5.75 Å². The second-order valence-electron chi connectivity index (χ2n) is 7.04. The fourth-order valence-corrected chi connectivity index (χ4v) is 3.76. The molecule has 2 aromatic rings. The van der Waals surface area contributed by atoms with E-state index in [1.165, 1.54) is 5.56 Å². The molecule has 2 aliphatic heterocycles. The van der Waals surface area contributed by atoms with E-state index in [9.17, 15) is 9.59 Å². The van der Waals surface area contributed by atoms with Crippen LogP contribution in [0.3, 0.4) is 0 Å². The van der Waals surface area contributed by atoms with E-state index in [2.05, 4.69) is 17.4 Å². The summed E-state index contributed by atoms with van der Waals surface area (Å²) in [5.74, 6) is 0.720. The summed E-state index contributed by atoms with van der Waals surface area (Å²) in [6.45, 7) is 1.07. The molecule has 144 valence electrons. The van der Waals surface area contributed by atoms with Crippen LogP contribution < -0.4 is 10.1 Å². The molecule has 1 unspecified atom stereocenters. The summed E-state index contributed by atoms with van der Waals surface area (Å²) in [6, 6.07) is 16.9. The molecule has 1 atom stereocenters. The first-order valence-corrected chi connectivity index (χ1v) is 9.33. The number of hydrogen-bond acceptors (Lipinski definition) is 3. The van der Waals surface area contributed by atoms with Gasteiger partial charge in [-0.05, 0) is 29.7 Å². The van der Waals surface area contributed by atoms with Gasteiger partial charge in [-0.15, -0.1) is 0 Å². The van der Waals surface area contributed by atoms with Crippen LogP contribution in [0.5, 0.6) is 5.75 Å². The van der Waals surface area contributed by atoms with Crippen molar-refractivity contribution in [1.82, 2.24) is 15.1 Å². The molecule has 0 aliphatic carbocycles. The van der Waals surface area contributed by atoms with Gasteiger partial charge in [0.2, 0.25) is 0 Å². The van der Waals surface area contributed by atoms with Crippen LogP contribution in [0.25, 0.3) is 0 Å². The quantitative estimate of drug-likeness (QED) is 0.872. The maximum atomic E-state index is 13.2. The van der Waals surface area contributed by atoms with E-state index in [0.29, 0.717) is 18.7 Å².